The fourth-order valence-electron chi connectivity index (χ4n) is 3.18. The maximum Gasteiger partial charge on any atom is 0.144 e. The summed E-state index contributed by atoms with van der Waals surface area (Å²) in [7, 11) is -2.42. The first-order valence-corrected chi connectivity index (χ1v) is 11.5. The first kappa shape index (κ1) is 19.5. The summed E-state index contributed by atoms with van der Waals surface area (Å²) in [6.45, 7) is 4.17. The van der Waals surface area contributed by atoms with Gasteiger partial charge in [-0.3, -0.25) is 0 Å². The van der Waals surface area contributed by atoms with Gasteiger partial charge < -0.3 is 5.32 Å². The van der Waals surface area contributed by atoms with Gasteiger partial charge in [0.2, 0.25) is 0 Å². The van der Waals surface area contributed by atoms with Gasteiger partial charge in [0.25, 0.3) is 0 Å². The van der Waals surface area contributed by atoms with Crippen molar-refractivity contribution < 1.29 is 8.42 Å². The molecular formula is C21H20N4O2S2. The summed E-state index contributed by atoms with van der Waals surface area (Å²) in [6, 6.07) is 13.9. The molecule has 4 aromatic rings. The molecule has 0 unspecified atom stereocenters. The smallest absolute Gasteiger partial charge is 0.144 e. The van der Waals surface area contributed by atoms with Crippen molar-refractivity contribution in [3.63, 3.8) is 0 Å². The van der Waals surface area contributed by atoms with Crippen molar-refractivity contribution in [1.82, 2.24) is 15.2 Å². The number of nitrogens with zero attached hydrogens (tertiary/aromatic N) is 3. The van der Waals surface area contributed by atoms with Crippen LogP contribution >= 0.6 is 11.3 Å². The Labute approximate surface area is 174 Å². The number of benzene rings is 2. The van der Waals surface area contributed by atoms with Crippen LogP contribution in [0.3, 0.4) is 0 Å². The third-order valence-corrected chi connectivity index (χ3v) is 5.68. The van der Waals surface area contributed by atoms with E-state index < -0.39 is 10.7 Å². The molecule has 0 bridgehead atoms. The Hall–Kier alpha value is -2.84. The van der Waals surface area contributed by atoms with Crippen LogP contribution in [-0.4, -0.2) is 29.6 Å². The lowest BCUT2D eigenvalue weighted by Crippen LogP contribution is -2.12. The summed E-state index contributed by atoms with van der Waals surface area (Å²) < 4.78 is 21.8. The molecule has 1 N–H and O–H groups in total. The summed E-state index contributed by atoms with van der Waals surface area (Å²) >= 11 is 1.53. The van der Waals surface area contributed by atoms with Crippen LogP contribution in [0.4, 0.5) is 5.69 Å². The van der Waals surface area contributed by atoms with E-state index in [4.69, 9.17) is 0 Å². The molecule has 4 rings (SSSR count). The molecule has 148 valence electrons. The maximum absolute atomic E-state index is 10.9. The predicted molar refractivity (Wildman–Crippen MR) is 119 cm³/mol. The minimum atomic E-state index is -2.42. The summed E-state index contributed by atoms with van der Waals surface area (Å²) in [5, 5.41) is 15.3. The normalized spacial score (nSPS) is 11.4. The number of hydrogen-bond acceptors (Lipinski definition) is 7. The van der Waals surface area contributed by atoms with Crippen molar-refractivity contribution in [2.24, 2.45) is 0 Å². The number of thiazole rings is 1. The Morgan fingerprint density at radius 2 is 1.79 bits per heavy atom. The lowest BCUT2D eigenvalue weighted by atomic mass is 10.0. The first-order chi connectivity index (χ1) is 14.0. The highest BCUT2D eigenvalue weighted by molar-refractivity contribution is 7.71. The first-order valence-electron chi connectivity index (χ1n) is 9.18. The fourth-order valence-corrected chi connectivity index (χ4v) is 4.23. The van der Waals surface area contributed by atoms with Crippen LogP contribution in [0.15, 0.2) is 53.4 Å². The minimum absolute atomic E-state index is 0.0580. The van der Waals surface area contributed by atoms with Gasteiger partial charge >= 0.3 is 0 Å². The van der Waals surface area contributed by atoms with Gasteiger partial charge in [-0.05, 0) is 42.7 Å². The second-order valence-corrected chi connectivity index (χ2v) is 8.72. The molecule has 2 aromatic heterocycles. The molecule has 6 nitrogen and oxygen atoms in total. The highest BCUT2D eigenvalue weighted by atomic mass is 32.2. The average Bonchev–Trinajstić information content (AvgIpc) is 3.22. The van der Waals surface area contributed by atoms with Crippen molar-refractivity contribution in [1.29, 1.82) is 0 Å². The molecule has 0 atom stereocenters. The van der Waals surface area contributed by atoms with E-state index in [1.165, 1.54) is 11.3 Å². The lowest BCUT2D eigenvalue weighted by Gasteiger charge is -2.16. The molecule has 8 heteroatoms. The van der Waals surface area contributed by atoms with Crippen molar-refractivity contribution in [3.8, 4) is 22.5 Å². The Morgan fingerprint density at radius 3 is 2.45 bits per heavy atom. The molecule has 0 aliphatic rings. The van der Waals surface area contributed by atoms with Gasteiger partial charge in [0.1, 0.15) is 22.1 Å². The summed E-state index contributed by atoms with van der Waals surface area (Å²) in [5.41, 5.74) is 7.84. The lowest BCUT2D eigenvalue weighted by molar-refractivity contribution is 0.614. The molecule has 2 heterocycles. The van der Waals surface area contributed by atoms with Crippen molar-refractivity contribution >= 4 is 38.6 Å². The molecule has 0 radical (unpaired) electrons. The monoisotopic (exact) mass is 424 g/mol. The molecule has 2 aromatic carbocycles. The number of thiol groups is 1. The van der Waals surface area contributed by atoms with E-state index in [1.54, 1.807) is 5.51 Å². The van der Waals surface area contributed by atoms with E-state index in [2.05, 4.69) is 34.3 Å². The van der Waals surface area contributed by atoms with Crippen molar-refractivity contribution in [2.45, 2.75) is 25.6 Å². The topological polar surface area (TPSA) is 84.8 Å². The number of rotatable bonds is 6. The van der Waals surface area contributed by atoms with E-state index in [9.17, 15) is 8.42 Å². The van der Waals surface area contributed by atoms with Gasteiger partial charge in [-0.1, -0.05) is 30.3 Å². The van der Waals surface area contributed by atoms with Gasteiger partial charge in [-0.25, -0.2) is 13.4 Å². The van der Waals surface area contributed by atoms with Crippen LogP contribution in [-0.2, 0) is 16.5 Å². The highest BCUT2D eigenvalue weighted by Crippen LogP contribution is 2.34. The number of anilines is 1. The zero-order valence-corrected chi connectivity index (χ0v) is 17.7. The number of aromatic nitrogens is 3. The van der Waals surface area contributed by atoms with Crippen LogP contribution in [0.2, 0.25) is 0 Å². The van der Waals surface area contributed by atoms with Crippen molar-refractivity contribution in [3.05, 3.63) is 58.9 Å². The summed E-state index contributed by atoms with van der Waals surface area (Å²) in [4.78, 5) is 4.39. The Morgan fingerprint density at radius 1 is 1.03 bits per heavy atom. The van der Waals surface area contributed by atoms with Gasteiger partial charge in [-0.15, -0.1) is 21.5 Å². The zero-order chi connectivity index (χ0) is 20.4. The summed E-state index contributed by atoms with van der Waals surface area (Å²) in [6.07, 6.45) is 0. The predicted octanol–water partition coefficient (Wildman–Crippen LogP) is 4.35. The molecule has 29 heavy (non-hydrogen) atoms. The second-order valence-electron chi connectivity index (χ2n) is 7.02. The van der Waals surface area contributed by atoms with Crippen LogP contribution in [0, 0.1) is 0 Å². The molecule has 0 aliphatic carbocycles. The van der Waals surface area contributed by atoms with Gasteiger partial charge in [0.05, 0.1) is 22.5 Å². The Bertz CT molecular complexity index is 1210. The van der Waals surface area contributed by atoms with E-state index in [0.717, 1.165) is 44.7 Å². The molecule has 0 saturated carbocycles. The molecule has 0 aliphatic heterocycles. The molecule has 0 amide bonds. The van der Waals surface area contributed by atoms with E-state index in [-0.39, 0.29) is 11.8 Å². The molecule has 0 fully saturated rings. The maximum atomic E-state index is 10.9. The third-order valence-electron chi connectivity index (χ3n) is 4.47. The Balaban J connectivity index is 1.77. The van der Waals surface area contributed by atoms with E-state index in [1.807, 2.05) is 47.8 Å². The van der Waals surface area contributed by atoms with Gasteiger partial charge in [-0.2, -0.15) is 0 Å². The minimum Gasteiger partial charge on any atom is -0.380 e. The van der Waals surface area contributed by atoms with Crippen LogP contribution in [0.5, 0.6) is 0 Å². The molecule has 0 saturated heterocycles. The number of nitrogens with one attached hydrogen (secondary N) is 1. The molecular weight excluding hydrogens is 404 g/mol. The third kappa shape index (κ3) is 4.28. The molecule has 0 spiro atoms. The van der Waals surface area contributed by atoms with Crippen LogP contribution < -0.4 is 5.32 Å². The number of fused-ring (bicyclic) bond motifs is 1. The summed E-state index contributed by atoms with van der Waals surface area (Å²) in [5.74, 6) is 0.0580. The van der Waals surface area contributed by atoms with Crippen LogP contribution in [0.25, 0.3) is 33.4 Å². The number of hydrogen-bond donors (Lipinski definition) is 2. The van der Waals surface area contributed by atoms with Crippen LogP contribution in [0.1, 0.15) is 19.4 Å². The second kappa shape index (κ2) is 8.26. The van der Waals surface area contributed by atoms with Gasteiger partial charge in [0, 0.05) is 16.8 Å². The average molecular weight is 425 g/mol. The zero-order valence-electron chi connectivity index (χ0n) is 16.0. The standard InChI is InChI=1S/C21H20N4O2S2/c1-13(2)23-20-17-8-7-16(15-5-3-14(4-6-15)11-29(26)27)9-18(17)24-25-21(20)19-10-28-12-22-19/h3-10,12-13,29H,11H2,1-2H3,(H,23,24). The van der Waals surface area contributed by atoms with E-state index >= 15 is 0 Å². The van der Waals surface area contributed by atoms with Gasteiger partial charge in [0.15, 0.2) is 0 Å². The van der Waals surface area contributed by atoms with Crippen molar-refractivity contribution in [2.75, 3.05) is 5.32 Å². The quantitative estimate of drug-likeness (QED) is 0.448. The fraction of sp³-hybridized carbons (Fsp3) is 0.190. The SMILES string of the molecule is CC(C)Nc1c(-c2cscn2)nnc2cc(-c3ccc(C[SH](=O)=O)cc3)ccc12. The highest BCUT2D eigenvalue weighted by Gasteiger charge is 2.15. The largest absolute Gasteiger partial charge is 0.380 e. The Kier molecular flexibility index (Phi) is 5.55. The van der Waals surface area contributed by atoms with E-state index in [0.29, 0.717) is 0 Å².